The first-order valence-corrected chi connectivity index (χ1v) is 14.8. The average Bonchev–Trinajstić information content (AvgIpc) is 2.96. The third kappa shape index (κ3) is 6.44. The molecule has 0 saturated carbocycles. The number of fused-ring (bicyclic) bond motifs is 1. The van der Waals surface area contributed by atoms with Crippen molar-refractivity contribution in [2.24, 2.45) is 5.92 Å². The van der Waals surface area contributed by atoms with E-state index in [-0.39, 0.29) is 11.9 Å². The normalized spacial score (nSPS) is 16.3. The maximum absolute atomic E-state index is 12.9. The summed E-state index contributed by atoms with van der Waals surface area (Å²) in [6, 6.07) is 27.9. The van der Waals surface area contributed by atoms with Crippen LogP contribution in [0.3, 0.4) is 0 Å². The van der Waals surface area contributed by atoms with Crippen molar-refractivity contribution in [3.8, 4) is 0 Å². The Balaban J connectivity index is 1.13. The van der Waals surface area contributed by atoms with Crippen LogP contribution in [-0.2, 0) is 6.42 Å². The fraction of sp³-hybridized carbons (Fsp3) is 0.333. The molecular formula is C33H36IN3O. The zero-order valence-corrected chi connectivity index (χ0v) is 24.4. The van der Waals surface area contributed by atoms with Gasteiger partial charge >= 0.3 is 0 Å². The fourth-order valence-electron chi connectivity index (χ4n) is 5.59. The van der Waals surface area contributed by atoms with Crippen molar-refractivity contribution in [3.05, 3.63) is 111 Å². The van der Waals surface area contributed by atoms with Crippen molar-refractivity contribution < 1.29 is 4.79 Å². The van der Waals surface area contributed by atoms with Gasteiger partial charge in [0.2, 0.25) is 0 Å². The summed E-state index contributed by atoms with van der Waals surface area (Å²) in [4.78, 5) is 20.0. The molecule has 1 N–H and O–H groups in total. The molecule has 1 fully saturated rings. The van der Waals surface area contributed by atoms with Crippen LogP contribution in [0.4, 0.5) is 0 Å². The molecule has 2 unspecified atom stereocenters. The number of rotatable bonds is 8. The number of benzene rings is 3. The number of amides is 1. The van der Waals surface area contributed by atoms with E-state index >= 15 is 0 Å². The Kier molecular flexibility index (Phi) is 8.75. The molecule has 38 heavy (non-hydrogen) atoms. The lowest BCUT2D eigenvalue weighted by Crippen LogP contribution is -2.36. The lowest BCUT2D eigenvalue weighted by Gasteiger charge is -2.36. The molecular weight excluding hydrogens is 581 g/mol. The summed E-state index contributed by atoms with van der Waals surface area (Å²) in [7, 11) is 0. The maximum Gasteiger partial charge on any atom is 0.251 e. The van der Waals surface area contributed by atoms with Gasteiger partial charge in [-0.05, 0) is 133 Å². The molecule has 0 aliphatic carbocycles. The monoisotopic (exact) mass is 617 g/mol. The molecule has 4 nitrogen and oxygen atoms in total. The van der Waals surface area contributed by atoms with Crippen LogP contribution >= 0.6 is 22.6 Å². The Hall–Kier alpha value is -2.77. The summed E-state index contributed by atoms with van der Waals surface area (Å²) < 4.78 is 1.20. The molecule has 0 spiro atoms. The van der Waals surface area contributed by atoms with Crippen LogP contribution < -0.4 is 5.32 Å². The molecule has 4 aromatic rings. The van der Waals surface area contributed by atoms with Gasteiger partial charge in [0, 0.05) is 26.8 Å². The minimum absolute atomic E-state index is 0.00582. The van der Waals surface area contributed by atoms with Gasteiger partial charge in [-0.15, -0.1) is 0 Å². The molecule has 1 aliphatic rings. The minimum atomic E-state index is -0.00582. The van der Waals surface area contributed by atoms with Crippen LogP contribution in [0.25, 0.3) is 10.9 Å². The van der Waals surface area contributed by atoms with E-state index in [0.29, 0.717) is 12.0 Å². The number of hydrogen-bond acceptors (Lipinski definition) is 3. The van der Waals surface area contributed by atoms with Gasteiger partial charge in [-0.1, -0.05) is 43.3 Å². The molecule has 5 heteroatoms. The highest BCUT2D eigenvalue weighted by Crippen LogP contribution is 2.30. The number of likely N-dealkylation sites (tertiary alicyclic amines) is 1. The van der Waals surface area contributed by atoms with Crippen LogP contribution in [0.15, 0.2) is 85.1 Å². The number of carbonyl (C=O) groups is 1. The average molecular weight is 618 g/mol. The van der Waals surface area contributed by atoms with Crippen LogP contribution in [0, 0.1) is 9.49 Å². The molecule has 1 aliphatic heterocycles. The summed E-state index contributed by atoms with van der Waals surface area (Å²) in [5, 5.41) is 4.42. The van der Waals surface area contributed by atoms with E-state index in [1.807, 2.05) is 24.4 Å². The summed E-state index contributed by atoms with van der Waals surface area (Å²) in [5.74, 6) is 0.679. The fourth-order valence-corrected chi connectivity index (χ4v) is 5.95. The molecule has 5 rings (SSSR count). The number of hydrogen-bond donors (Lipinski definition) is 1. The quantitative estimate of drug-likeness (QED) is 0.206. The summed E-state index contributed by atoms with van der Waals surface area (Å²) in [5.41, 5.74) is 5.62. The Morgan fingerprint density at radius 2 is 1.71 bits per heavy atom. The second kappa shape index (κ2) is 12.4. The van der Waals surface area contributed by atoms with E-state index in [4.69, 9.17) is 0 Å². The minimum Gasteiger partial charge on any atom is -0.345 e. The zero-order valence-electron chi connectivity index (χ0n) is 22.2. The smallest absolute Gasteiger partial charge is 0.251 e. The first-order valence-electron chi connectivity index (χ1n) is 13.7. The molecule has 196 valence electrons. The third-order valence-electron chi connectivity index (χ3n) is 8.03. The Morgan fingerprint density at radius 1 is 1.00 bits per heavy atom. The van der Waals surface area contributed by atoms with Crippen molar-refractivity contribution in [2.75, 3.05) is 13.1 Å². The van der Waals surface area contributed by atoms with Crippen molar-refractivity contribution in [3.63, 3.8) is 0 Å². The molecule has 0 radical (unpaired) electrons. The first-order chi connectivity index (χ1) is 18.5. The van der Waals surface area contributed by atoms with Crippen LogP contribution in [-0.4, -0.2) is 28.9 Å². The lowest BCUT2D eigenvalue weighted by atomic mass is 9.89. The standard InChI is InChI=1S/C33H36IN3O/c1-3-31(26-10-13-30(34)14-11-26)36-33(38)27-8-6-24(7-9-27)21-25-16-19-37(20-17-25)23(2)28-12-15-32-29(22-28)5-4-18-35-32/h4-15,18,22-23,25,31H,3,16-17,19-21H2,1-2H3,(H,36,38). The first kappa shape index (κ1) is 26.8. The number of aromatic nitrogens is 1. The van der Waals surface area contributed by atoms with E-state index < -0.39 is 0 Å². The van der Waals surface area contributed by atoms with Crippen LogP contribution in [0.1, 0.15) is 72.2 Å². The highest BCUT2D eigenvalue weighted by molar-refractivity contribution is 14.1. The van der Waals surface area contributed by atoms with E-state index in [2.05, 4.69) is 112 Å². The number of halogens is 1. The van der Waals surface area contributed by atoms with E-state index in [1.54, 1.807) is 0 Å². The van der Waals surface area contributed by atoms with Crippen molar-refractivity contribution in [1.29, 1.82) is 0 Å². The van der Waals surface area contributed by atoms with Gasteiger partial charge in [-0.3, -0.25) is 14.7 Å². The van der Waals surface area contributed by atoms with Crippen molar-refractivity contribution >= 4 is 39.4 Å². The molecule has 1 amide bonds. The van der Waals surface area contributed by atoms with Gasteiger partial charge in [0.1, 0.15) is 0 Å². The zero-order chi connectivity index (χ0) is 26.5. The predicted molar refractivity (Wildman–Crippen MR) is 164 cm³/mol. The van der Waals surface area contributed by atoms with Crippen LogP contribution in [0.2, 0.25) is 0 Å². The molecule has 0 bridgehead atoms. The summed E-state index contributed by atoms with van der Waals surface area (Å²) in [6.07, 6.45) is 6.20. The van der Waals surface area contributed by atoms with Gasteiger partial charge in [0.05, 0.1) is 11.6 Å². The molecule has 3 aromatic carbocycles. The third-order valence-corrected chi connectivity index (χ3v) is 8.75. The SMILES string of the molecule is CCC(NC(=O)c1ccc(CC2CCN(C(C)c3ccc4ncccc4c3)CC2)cc1)c1ccc(I)cc1. The van der Waals surface area contributed by atoms with Crippen molar-refractivity contribution in [1.82, 2.24) is 15.2 Å². The van der Waals surface area contributed by atoms with E-state index in [9.17, 15) is 4.79 Å². The number of nitrogens with zero attached hydrogens (tertiary/aromatic N) is 2. The maximum atomic E-state index is 12.9. The second-order valence-electron chi connectivity index (χ2n) is 10.5. The van der Waals surface area contributed by atoms with E-state index in [1.165, 1.54) is 32.9 Å². The number of nitrogens with one attached hydrogen (secondary N) is 1. The van der Waals surface area contributed by atoms with Crippen LogP contribution in [0.5, 0.6) is 0 Å². The molecule has 1 aromatic heterocycles. The van der Waals surface area contributed by atoms with Gasteiger partial charge < -0.3 is 5.32 Å². The van der Waals surface area contributed by atoms with E-state index in [0.717, 1.165) is 42.6 Å². The van der Waals surface area contributed by atoms with Gasteiger partial charge in [-0.2, -0.15) is 0 Å². The Bertz CT molecular complexity index is 1360. The lowest BCUT2D eigenvalue weighted by molar-refractivity contribution is 0.0935. The highest BCUT2D eigenvalue weighted by atomic mass is 127. The van der Waals surface area contributed by atoms with Gasteiger partial charge in [0.25, 0.3) is 5.91 Å². The molecule has 1 saturated heterocycles. The molecule has 2 atom stereocenters. The molecule has 2 heterocycles. The Labute approximate surface area is 240 Å². The number of piperidine rings is 1. The number of carbonyl (C=O) groups excluding carboxylic acids is 1. The van der Waals surface area contributed by atoms with Gasteiger partial charge in [-0.25, -0.2) is 0 Å². The van der Waals surface area contributed by atoms with Crippen molar-refractivity contribution in [2.45, 2.75) is 51.6 Å². The van der Waals surface area contributed by atoms with Gasteiger partial charge in [0.15, 0.2) is 0 Å². The Morgan fingerprint density at radius 3 is 2.42 bits per heavy atom. The highest BCUT2D eigenvalue weighted by Gasteiger charge is 2.24. The summed E-state index contributed by atoms with van der Waals surface area (Å²) >= 11 is 2.31. The second-order valence-corrected chi connectivity index (χ2v) is 11.7. The number of pyridine rings is 1. The topological polar surface area (TPSA) is 45.2 Å². The predicted octanol–water partition coefficient (Wildman–Crippen LogP) is 7.74. The largest absolute Gasteiger partial charge is 0.345 e. The summed E-state index contributed by atoms with van der Waals surface area (Å²) in [6.45, 7) is 6.67.